The third kappa shape index (κ3) is 4.84. The minimum absolute atomic E-state index is 0.137. The molecule has 0 spiro atoms. The molecule has 2 heterocycles. The molecule has 0 atom stereocenters. The first-order chi connectivity index (χ1) is 10.1. The van der Waals surface area contributed by atoms with Crippen LogP contribution < -0.4 is 15.0 Å². The highest BCUT2D eigenvalue weighted by Gasteiger charge is 2.21. The number of ether oxygens (including phenoxy) is 1. The molecule has 2 rings (SSSR count). The van der Waals surface area contributed by atoms with Crippen molar-refractivity contribution in [2.75, 3.05) is 31.1 Å². The Balaban J connectivity index is 1.97. The van der Waals surface area contributed by atoms with Crippen LogP contribution in [-0.4, -0.2) is 42.3 Å². The molecule has 1 saturated heterocycles. The maximum atomic E-state index is 5.71. The molecule has 5 heteroatoms. The Morgan fingerprint density at radius 2 is 2.05 bits per heavy atom. The van der Waals surface area contributed by atoms with Crippen molar-refractivity contribution in [3.63, 3.8) is 0 Å². The highest BCUT2D eigenvalue weighted by atomic mass is 16.5. The quantitative estimate of drug-likeness (QED) is 0.872. The molecule has 0 bridgehead atoms. The van der Waals surface area contributed by atoms with Crippen molar-refractivity contribution in [3.05, 3.63) is 11.8 Å². The lowest BCUT2D eigenvalue weighted by Crippen LogP contribution is -2.38. The van der Waals surface area contributed by atoms with Crippen LogP contribution in [0.3, 0.4) is 0 Å². The third-order valence-electron chi connectivity index (χ3n) is 3.76. The minimum atomic E-state index is 0.137. The van der Waals surface area contributed by atoms with E-state index >= 15 is 0 Å². The molecule has 1 fully saturated rings. The molecule has 1 aromatic rings. The van der Waals surface area contributed by atoms with E-state index in [2.05, 4.69) is 27.1 Å². The maximum absolute atomic E-state index is 5.71. The van der Waals surface area contributed by atoms with E-state index in [1.54, 1.807) is 0 Å². The molecule has 0 aliphatic carbocycles. The Hall–Kier alpha value is -1.36. The summed E-state index contributed by atoms with van der Waals surface area (Å²) in [7, 11) is 0. The first kappa shape index (κ1) is 16.0. The second kappa shape index (κ2) is 7.59. The number of anilines is 1. The van der Waals surface area contributed by atoms with E-state index in [0.717, 1.165) is 43.7 Å². The lowest BCUT2D eigenvalue weighted by atomic mass is 9.97. The minimum Gasteiger partial charge on any atom is -0.475 e. The Labute approximate surface area is 128 Å². The number of hydrogen-bond acceptors (Lipinski definition) is 5. The molecular weight excluding hydrogens is 264 g/mol. The maximum Gasteiger partial charge on any atom is 0.228 e. The molecule has 1 aliphatic rings. The fourth-order valence-corrected chi connectivity index (χ4v) is 2.65. The van der Waals surface area contributed by atoms with E-state index in [-0.39, 0.29) is 6.10 Å². The van der Waals surface area contributed by atoms with Crippen LogP contribution in [-0.2, 0) is 0 Å². The molecule has 1 aromatic heterocycles. The molecular formula is C16H28N4O. The highest BCUT2D eigenvalue weighted by Crippen LogP contribution is 2.22. The summed E-state index contributed by atoms with van der Waals surface area (Å²) in [4.78, 5) is 11.4. The normalized spacial score (nSPS) is 16.5. The Morgan fingerprint density at radius 1 is 1.33 bits per heavy atom. The van der Waals surface area contributed by atoms with Gasteiger partial charge in [0.15, 0.2) is 0 Å². The van der Waals surface area contributed by atoms with E-state index in [1.807, 2.05) is 26.8 Å². The van der Waals surface area contributed by atoms with Crippen molar-refractivity contribution >= 4 is 5.95 Å². The standard InChI is InChI=1S/C16H28N4O/c1-5-17-11-14-6-8-20(9-7-14)16-18-13(4)10-15(19-16)21-12(2)3/h10,12,14,17H,5-9,11H2,1-4H3. The molecule has 21 heavy (non-hydrogen) atoms. The molecule has 5 nitrogen and oxygen atoms in total. The Morgan fingerprint density at radius 3 is 2.67 bits per heavy atom. The van der Waals surface area contributed by atoms with Crippen molar-refractivity contribution in [1.29, 1.82) is 0 Å². The van der Waals surface area contributed by atoms with E-state index in [1.165, 1.54) is 12.8 Å². The van der Waals surface area contributed by atoms with Crippen molar-refractivity contribution in [2.24, 2.45) is 5.92 Å². The molecule has 0 saturated carbocycles. The second-order valence-electron chi connectivity index (χ2n) is 6.05. The van der Waals surface area contributed by atoms with Gasteiger partial charge in [-0.05, 0) is 52.6 Å². The largest absolute Gasteiger partial charge is 0.475 e. The van der Waals surface area contributed by atoms with Crippen LogP contribution >= 0.6 is 0 Å². The van der Waals surface area contributed by atoms with Crippen LogP contribution in [0.2, 0.25) is 0 Å². The molecule has 0 radical (unpaired) electrons. The van der Waals surface area contributed by atoms with Gasteiger partial charge < -0.3 is 15.0 Å². The summed E-state index contributed by atoms with van der Waals surface area (Å²) in [6.45, 7) is 12.4. The number of piperidine rings is 1. The van der Waals surface area contributed by atoms with Gasteiger partial charge in [-0.15, -0.1) is 0 Å². The number of nitrogens with one attached hydrogen (secondary N) is 1. The summed E-state index contributed by atoms with van der Waals surface area (Å²) in [5.74, 6) is 2.27. The molecule has 0 aromatic carbocycles. The van der Waals surface area contributed by atoms with Gasteiger partial charge in [-0.3, -0.25) is 0 Å². The summed E-state index contributed by atoms with van der Waals surface area (Å²) in [5, 5.41) is 3.44. The number of nitrogens with zero attached hydrogens (tertiary/aromatic N) is 3. The average molecular weight is 292 g/mol. The van der Waals surface area contributed by atoms with Gasteiger partial charge in [-0.2, -0.15) is 4.98 Å². The van der Waals surface area contributed by atoms with Crippen LogP contribution in [0, 0.1) is 12.8 Å². The number of rotatable bonds is 6. The van der Waals surface area contributed by atoms with Crippen molar-refractivity contribution in [1.82, 2.24) is 15.3 Å². The zero-order chi connectivity index (χ0) is 15.2. The molecule has 118 valence electrons. The van der Waals surface area contributed by atoms with Crippen molar-refractivity contribution in [2.45, 2.75) is 46.6 Å². The monoisotopic (exact) mass is 292 g/mol. The first-order valence-corrected chi connectivity index (χ1v) is 8.06. The van der Waals surface area contributed by atoms with Gasteiger partial charge in [0.1, 0.15) is 0 Å². The molecule has 0 amide bonds. The SMILES string of the molecule is CCNCC1CCN(c2nc(C)cc(OC(C)C)n2)CC1. The summed E-state index contributed by atoms with van der Waals surface area (Å²) < 4.78 is 5.71. The smallest absolute Gasteiger partial charge is 0.228 e. The van der Waals surface area contributed by atoms with Crippen LogP contribution in [0.5, 0.6) is 5.88 Å². The van der Waals surface area contributed by atoms with E-state index < -0.39 is 0 Å². The lowest BCUT2D eigenvalue weighted by Gasteiger charge is -2.32. The van der Waals surface area contributed by atoms with Crippen LogP contribution in [0.15, 0.2) is 6.07 Å². The van der Waals surface area contributed by atoms with E-state index in [0.29, 0.717) is 5.88 Å². The van der Waals surface area contributed by atoms with Gasteiger partial charge >= 0.3 is 0 Å². The van der Waals surface area contributed by atoms with Gasteiger partial charge in [-0.25, -0.2) is 4.98 Å². The van der Waals surface area contributed by atoms with Gasteiger partial charge in [0, 0.05) is 24.8 Å². The topological polar surface area (TPSA) is 50.3 Å². The van der Waals surface area contributed by atoms with E-state index in [4.69, 9.17) is 4.74 Å². The number of aryl methyl sites for hydroxylation is 1. The molecule has 1 N–H and O–H groups in total. The number of hydrogen-bond donors (Lipinski definition) is 1. The second-order valence-corrected chi connectivity index (χ2v) is 6.05. The van der Waals surface area contributed by atoms with Gasteiger partial charge in [-0.1, -0.05) is 6.92 Å². The third-order valence-corrected chi connectivity index (χ3v) is 3.76. The summed E-state index contributed by atoms with van der Waals surface area (Å²) >= 11 is 0. The Kier molecular flexibility index (Phi) is 5.79. The summed E-state index contributed by atoms with van der Waals surface area (Å²) in [6, 6.07) is 1.90. The van der Waals surface area contributed by atoms with Gasteiger partial charge in [0.25, 0.3) is 0 Å². The predicted molar refractivity (Wildman–Crippen MR) is 86.0 cm³/mol. The fourth-order valence-electron chi connectivity index (χ4n) is 2.65. The van der Waals surface area contributed by atoms with Crippen molar-refractivity contribution < 1.29 is 4.74 Å². The van der Waals surface area contributed by atoms with E-state index in [9.17, 15) is 0 Å². The van der Waals surface area contributed by atoms with Crippen LogP contribution in [0.25, 0.3) is 0 Å². The van der Waals surface area contributed by atoms with Gasteiger partial charge in [0.2, 0.25) is 11.8 Å². The fraction of sp³-hybridized carbons (Fsp3) is 0.750. The summed E-state index contributed by atoms with van der Waals surface area (Å²) in [6.07, 6.45) is 2.54. The molecule has 0 unspecified atom stereocenters. The zero-order valence-corrected chi connectivity index (χ0v) is 13.7. The zero-order valence-electron chi connectivity index (χ0n) is 13.7. The highest BCUT2D eigenvalue weighted by molar-refractivity contribution is 5.34. The summed E-state index contributed by atoms with van der Waals surface area (Å²) in [5.41, 5.74) is 0.963. The lowest BCUT2D eigenvalue weighted by molar-refractivity contribution is 0.232. The predicted octanol–water partition coefficient (Wildman–Crippen LogP) is 2.40. The Bertz CT molecular complexity index is 442. The van der Waals surface area contributed by atoms with Crippen LogP contribution in [0.4, 0.5) is 5.95 Å². The van der Waals surface area contributed by atoms with Gasteiger partial charge in [0.05, 0.1) is 6.10 Å². The molecule has 1 aliphatic heterocycles. The first-order valence-electron chi connectivity index (χ1n) is 8.06. The van der Waals surface area contributed by atoms with Crippen LogP contribution in [0.1, 0.15) is 39.3 Å². The van der Waals surface area contributed by atoms with Crippen molar-refractivity contribution in [3.8, 4) is 5.88 Å². The number of aromatic nitrogens is 2. The average Bonchev–Trinajstić information content (AvgIpc) is 2.44.